The van der Waals surface area contributed by atoms with Crippen molar-refractivity contribution in [3.8, 4) is 5.75 Å². The van der Waals surface area contributed by atoms with Crippen LogP contribution in [0.25, 0.3) is 10.9 Å². The molecule has 1 aromatic heterocycles. The van der Waals surface area contributed by atoms with E-state index in [1.807, 2.05) is 24.3 Å². The van der Waals surface area contributed by atoms with E-state index in [1.54, 1.807) is 109 Å². The summed E-state index contributed by atoms with van der Waals surface area (Å²) in [5.74, 6) is -10.1. The van der Waals surface area contributed by atoms with Gasteiger partial charge in [0.15, 0.2) is 0 Å². The summed E-state index contributed by atoms with van der Waals surface area (Å²) < 4.78 is 0. The van der Waals surface area contributed by atoms with E-state index in [1.165, 1.54) is 26.0 Å². The van der Waals surface area contributed by atoms with Gasteiger partial charge in [-0.25, -0.2) is 0 Å². The van der Waals surface area contributed by atoms with Crippen LogP contribution < -0.4 is 87.2 Å². The number of primary amides is 1. The van der Waals surface area contributed by atoms with E-state index in [2.05, 4.69) is 76.1 Å². The molecular weight excluding hydrogens is 1450 g/mol. The second-order valence-electron chi connectivity index (χ2n) is 27.3. The highest BCUT2D eigenvalue weighted by Crippen LogP contribution is 2.21. The second-order valence-corrected chi connectivity index (χ2v) is 27.7. The SMILES string of the molecule is C[C@@H](O)[C@H](NC(=O)[C@H](Cc1ccccc1)NC(=O)[C@@H](NC(=O)[C@H](CCCCN)NC(=O)[C@@H](Cc1c[nH]c2ccccc12)NC(=O)[C@H](Cc1ccc(O)cc1)NC(=O)[C@H](Cc1ccccc1)NC(=O)[C@H](N)Cc1ccccc1)[C@@H](C)O)C(=O)N[C@@H](CCCCN)C(=O)NCCCC[C@H](N)C(=O)NCC(=O)N[C@@H](CS)C(N)=O. The van der Waals surface area contributed by atoms with E-state index >= 15 is 9.59 Å². The van der Waals surface area contributed by atoms with Gasteiger partial charge in [-0.05, 0) is 137 Å². The molecule has 32 nitrogen and oxygen atoms in total. The molecule has 6 rings (SSSR count). The first-order chi connectivity index (χ1) is 53.2. The highest BCUT2D eigenvalue weighted by Gasteiger charge is 2.38. The average molecular weight is 1550 g/mol. The molecule has 5 aromatic carbocycles. The van der Waals surface area contributed by atoms with Gasteiger partial charge in [-0.2, -0.15) is 12.6 Å². The number of aliphatic hydroxyl groups excluding tert-OH is 2. The highest BCUT2D eigenvalue weighted by molar-refractivity contribution is 7.80. The van der Waals surface area contributed by atoms with E-state index in [-0.39, 0.29) is 88.9 Å². The van der Waals surface area contributed by atoms with E-state index in [0.29, 0.717) is 65.3 Å². The number of rotatable bonds is 48. The number of nitrogens with one attached hydrogen (secondary N) is 12. The van der Waals surface area contributed by atoms with E-state index in [0.717, 1.165) is 5.56 Å². The van der Waals surface area contributed by atoms with E-state index in [4.69, 9.17) is 28.7 Å². The Morgan fingerprint density at radius 2 is 0.811 bits per heavy atom. The summed E-state index contributed by atoms with van der Waals surface area (Å²) in [5, 5.41) is 62.3. The highest BCUT2D eigenvalue weighted by atomic mass is 32.1. The van der Waals surface area contributed by atoms with Crippen molar-refractivity contribution in [2.24, 2.45) is 28.7 Å². The maximum atomic E-state index is 15.2. The van der Waals surface area contributed by atoms with Gasteiger partial charge in [-0.1, -0.05) is 121 Å². The number of phenolic OH excluding ortho intramolecular Hbond substituents is 1. The van der Waals surface area contributed by atoms with Gasteiger partial charge in [0, 0.05) is 55.1 Å². The zero-order valence-electron chi connectivity index (χ0n) is 62.4. The van der Waals surface area contributed by atoms with Crippen LogP contribution >= 0.6 is 12.6 Å². The number of nitrogens with two attached hydrogens (primary N) is 5. The molecule has 0 aliphatic carbocycles. The van der Waals surface area contributed by atoms with Crippen LogP contribution in [-0.2, 0) is 89.6 Å². The molecule has 25 N–H and O–H groups in total. The normalized spacial score (nSPS) is 14.7. The Hall–Kier alpha value is -10.8. The zero-order chi connectivity index (χ0) is 80.9. The minimum Gasteiger partial charge on any atom is -0.508 e. The van der Waals surface area contributed by atoms with Gasteiger partial charge in [-0.3, -0.25) is 57.5 Å². The lowest BCUT2D eigenvalue weighted by atomic mass is 9.99. The van der Waals surface area contributed by atoms with Crippen molar-refractivity contribution in [2.75, 3.05) is 31.9 Å². The quantitative estimate of drug-likeness (QED) is 0.0149. The maximum Gasteiger partial charge on any atom is 0.245 e. The Bertz CT molecular complexity index is 4010. The largest absolute Gasteiger partial charge is 0.508 e. The number of unbranched alkanes of at least 4 members (excludes halogenated alkanes) is 3. The molecule has 0 bridgehead atoms. The molecule has 0 unspecified atom stereocenters. The van der Waals surface area contributed by atoms with Crippen molar-refractivity contribution in [2.45, 2.75) is 182 Å². The van der Waals surface area contributed by atoms with Crippen molar-refractivity contribution in [3.63, 3.8) is 0 Å². The number of aliphatic hydroxyl groups is 2. The standard InChI is InChI=1S/C78H107N17O15S/c1-46(96)66(77(109)89-58(29-14-17-35-79)71(103)84-37-19-16-27-55(81)69(101)86-44-65(99)87-64(45-111)68(83)100)95-76(108)62(40-50-24-10-5-11-25-50)93-78(110)67(47(2)97)94-72(104)59(30-15-18-36-80)88-75(107)63(42-52-43-85-57-28-13-12-26-54(52)57)92-74(106)61(41-51-31-33-53(98)34-32-51)91-73(105)60(39-49-22-8-4-9-23-49)90-70(102)56(82)38-48-20-6-3-7-21-48/h3-13,20-26,28,31-34,43,46-47,55-56,58-64,66-67,85,96-98,111H,14-19,27,29-30,35-42,44-45,79-82H2,1-2H3,(H2,83,100)(H,84,103)(H,86,101)(H,87,99)(H,88,107)(H,89,109)(H,90,102)(H,91,105)(H,92,106)(H,93,110)(H,94,104)(H,95,108)/t46-,47-,55+,56-,58+,59+,60+,61+,62+,63-,64+,66+,67+/m1/s1. The van der Waals surface area contributed by atoms with Gasteiger partial charge in [0.2, 0.25) is 70.9 Å². The average Bonchev–Trinajstić information content (AvgIpc) is 1.75. The van der Waals surface area contributed by atoms with Gasteiger partial charge >= 0.3 is 0 Å². The molecule has 1 heterocycles. The van der Waals surface area contributed by atoms with Crippen LogP contribution in [-0.4, -0.2) is 202 Å². The summed E-state index contributed by atoms with van der Waals surface area (Å²) >= 11 is 3.97. The molecule has 6 aromatic rings. The summed E-state index contributed by atoms with van der Waals surface area (Å²) in [5.41, 5.74) is 33.0. The molecule has 0 aliphatic rings. The third kappa shape index (κ3) is 30.2. The van der Waals surface area contributed by atoms with Crippen LogP contribution in [0.4, 0.5) is 0 Å². The monoisotopic (exact) mass is 1550 g/mol. The number of fused-ring (bicyclic) bond motifs is 1. The fourth-order valence-electron chi connectivity index (χ4n) is 12.1. The first kappa shape index (κ1) is 89.1. The molecule has 0 saturated heterocycles. The van der Waals surface area contributed by atoms with Crippen LogP contribution in [0.1, 0.15) is 99.5 Å². The number of hydrogen-bond acceptors (Lipinski definition) is 20. The van der Waals surface area contributed by atoms with Gasteiger partial charge in [-0.15, -0.1) is 0 Å². The molecule has 0 radical (unpaired) electrons. The number of H-pyrrole nitrogens is 1. The molecule has 13 atom stereocenters. The number of carbonyl (C=O) groups is 12. The topological polar surface area (TPSA) is 544 Å². The Balaban J connectivity index is 1.20. The molecule has 0 aliphatic heterocycles. The molecule has 111 heavy (non-hydrogen) atoms. The number of aromatic hydroxyl groups is 1. The number of para-hydroxylation sites is 1. The third-order valence-corrected chi connectivity index (χ3v) is 18.7. The summed E-state index contributed by atoms with van der Waals surface area (Å²) in [6, 6.07) is 24.0. The fourth-order valence-corrected chi connectivity index (χ4v) is 12.3. The minimum atomic E-state index is -1.84. The van der Waals surface area contributed by atoms with Crippen LogP contribution in [0.3, 0.4) is 0 Å². The molecule has 0 fully saturated rings. The number of amides is 12. The van der Waals surface area contributed by atoms with Crippen molar-refractivity contribution in [1.29, 1.82) is 0 Å². The molecule has 600 valence electrons. The van der Waals surface area contributed by atoms with Gasteiger partial charge in [0.05, 0.1) is 30.8 Å². The lowest BCUT2D eigenvalue weighted by Crippen LogP contribution is -2.63. The number of thiol groups is 1. The summed E-state index contributed by atoms with van der Waals surface area (Å²) in [6.45, 7) is 2.46. The number of aromatic nitrogens is 1. The first-order valence-electron chi connectivity index (χ1n) is 37.1. The smallest absolute Gasteiger partial charge is 0.245 e. The van der Waals surface area contributed by atoms with Gasteiger partial charge in [0.1, 0.15) is 60.1 Å². The number of hydrogen-bond donors (Lipinski definition) is 21. The van der Waals surface area contributed by atoms with Gasteiger partial charge in [0.25, 0.3) is 0 Å². The molecule has 0 spiro atoms. The summed E-state index contributed by atoms with van der Waals surface area (Å²) in [6.07, 6.45) is 0.0852. The van der Waals surface area contributed by atoms with Crippen molar-refractivity contribution in [1.82, 2.24) is 63.5 Å². The van der Waals surface area contributed by atoms with Crippen molar-refractivity contribution >= 4 is 94.4 Å². The first-order valence-corrected chi connectivity index (χ1v) is 37.7. The van der Waals surface area contributed by atoms with E-state index in [9.17, 15) is 63.3 Å². The maximum absolute atomic E-state index is 15.2. The van der Waals surface area contributed by atoms with Crippen LogP contribution in [0.15, 0.2) is 146 Å². The number of aromatic amines is 1. The Morgan fingerprint density at radius 3 is 1.30 bits per heavy atom. The Morgan fingerprint density at radius 1 is 0.405 bits per heavy atom. The third-order valence-electron chi connectivity index (χ3n) is 18.4. The number of carbonyl (C=O) groups excluding carboxylic acids is 12. The predicted octanol–water partition coefficient (Wildman–Crippen LogP) is -1.76. The van der Waals surface area contributed by atoms with Crippen molar-refractivity contribution < 1.29 is 72.9 Å². The van der Waals surface area contributed by atoms with Crippen molar-refractivity contribution in [3.05, 3.63) is 174 Å². The fraction of sp³-hybridized carbons (Fsp3) is 0.436. The zero-order valence-corrected chi connectivity index (χ0v) is 63.3. The molecule has 12 amide bonds. The molecular formula is C78H107N17O15S. The number of benzene rings is 5. The lowest BCUT2D eigenvalue weighted by molar-refractivity contribution is -0.137. The van der Waals surface area contributed by atoms with Crippen LogP contribution in [0.5, 0.6) is 5.75 Å². The predicted molar refractivity (Wildman–Crippen MR) is 420 cm³/mol. The van der Waals surface area contributed by atoms with Crippen LogP contribution in [0.2, 0.25) is 0 Å². The Kier molecular flexibility index (Phi) is 37.4. The minimum absolute atomic E-state index is 0.0259. The second kappa shape index (κ2) is 46.6. The van der Waals surface area contributed by atoms with E-state index < -0.39 is 156 Å². The van der Waals surface area contributed by atoms with Gasteiger partial charge < -0.3 is 107 Å². The Labute approximate surface area is 650 Å². The number of phenols is 1. The van der Waals surface area contributed by atoms with Crippen LogP contribution in [0, 0.1) is 0 Å². The summed E-state index contributed by atoms with van der Waals surface area (Å²) in [7, 11) is 0. The molecule has 33 heteroatoms. The molecule has 0 saturated carbocycles. The lowest BCUT2D eigenvalue weighted by Gasteiger charge is -2.29. The summed E-state index contributed by atoms with van der Waals surface area (Å²) in [4.78, 5) is 171.